The van der Waals surface area contributed by atoms with E-state index in [1.54, 1.807) is 12.1 Å². The molecule has 0 radical (unpaired) electrons. The Morgan fingerprint density at radius 1 is 1.26 bits per heavy atom. The second-order valence-electron chi connectivity index (χ2n) is 5.30. The van der Waals surface area contributed by atoms with Crippen LogP contribution in [0.1, 0.15) is 38.6 Å². The molecule has 2 N–H and O–H groups in total. The summed E-state index contributed by atoms with van der Waals surface area (Å²) in [6.45, 7) is 5.51. The largest absolute Gasteiger partial charge is 0.482 e. The Morgan fingerprint density at radius 2 is 1.91 bits per heavy atom. The van der Waals surface area contributed by atoms with Gasteiger partial charge in [0.2, 0.25) is 0 Å². The molecule has 0 spiro atoms. The lowest BCUT2D eigenvalue weighted by Crippen LogP contribution is -2.25. The van der Waals surface area contributed by atoms with Gasteiger partial charge in [0, 0.05) is 4.88 Å². The number of amides is 1. The number of carbonyl (C=O) groups excluding carboxylic acids is 1. The molecule has 0 aliphatic carbocycles. The van der Waals surface area contributed by atoms with Gasteiger partial charge in [0.15, 0.2) is 6.61 Å². The summed E-state index contributed by atoms with van der Waals surface area (Å²) < 4.78 is 5.08. The normalized spacial score (nSPS) is 11.8. The average Bonchev–Trinajstić information content (AvgIpc) is 2.85. The fraction of sp³-hybridized carbons (Fsp3) is 0.294. The highest BCUT2D eigenvalue weighted by molar-refractivity contribution is 7.14. The number of ether oxygens (including phenoxy) is 1. The van der Waals surface area contributed by atoms with E-state index in [2.05, 4.69) is 5.32 Å². The lowest BCUT2D eigenvalue weighted by molar-refractivity contribution is -0.139. The van der Waals surface area contributed by atoms with Gasteiger partial charge in [-0.2, -0.15) is 0 Å². The number of aliphatic carboxylic acids is 1. The van der Waals surface area contributed by atoms with Crippen LogP contribution in [0, 0.1) is 13.8 Å². The van der Waals surface area contributed by atoms with Crippen LogP contribution in [0.15, 0.2) is 30.3 Å². The number of hydrogen-bond donors (Lipinski definition) is 2. The van der Waals surface area contributed by atoms with Gasteiger partial charge in [0.1, 0.15) is 5.75 Å². The van der Waals surface area contributed by atoms with Gasteiger partial charge in [0.05, 0.1) is 10.9 Å². The number of benzene rings is 1. The maximum absolute atomic E-state index is 12.2. The molecule has 0 saturated carbocycles. The van der Waals surface area contributed by atoms with Crippen molar-refractivity contribution in [2.24, 2.45) is 0 Å². The Bertz CT molecular complexity index is 686. The van der Waals surface area contributed by atoms with E-state index < -0.39 is 5.97 Å². The number of aryl methyl sites for hydroxylation is 2. The van der Waals surface area contributed by atoms with E-state index in [4.69, 9.17) is 9.84 Å². The highest BCUT2D eigenvalue weighted by atomic mass is 32.1. The molecular formula is C17H19NO4S. The molecule has 2 aromatic rings. The number of hydrogen-bond acceptors (Lipinski definition) is 4. The van der Waals surface area contributed by atoms with E-state index in [1.165, 1.54) is 11.3 Å². The summed E-state index contributed by atoms with van der Waals surface area (Å²) in [5.74, 6) is -0.625. The van der Waals surface area contributed by atoms with Gasteiger partial charge in [-0.25, -0.2) is 4.79 Å². The molecule has 1 unspecified atom stereocenters. The molecule has 0 aliphatic heterocycles. The van der Waals surface area contributed by atoms with Crippen LogP contribution < -0.4 is 10.1 Å². The first-order chi connectivity index (χ1) is 10.9. The van der Waals surface area contributed by atoms with Crippen LogP contribution in [0.3, 0.4) is 0 Å². The number of carbonyl (C=O) groups is 2. The average molecular weight is 333 g/mol. The zero-order valence-electron chi connectivity index (χ0n) is 13.3. The fourth-order valence-electron chi connectivity index (χ4n) is 2.03. The molecule has 0 fully saturated rings. The molecule has 1 aromatic heterocycles. The third kappa shape index (κ3) is 4.56. The van der Waals surface area contributed by atoms with Gasteiger partial charge in [-0.05, 0) is 50.1 Å². The molecule has 6 heteroatoms. The molecule has 0 aliphatic rings. The van der Waals surface area contributed by atoms with Gasteiger partial charge in [-0.3, -0.25) is 4.79 Å². The van der Waals surface area contributed by atoms with Crippen LogP contribution in [-0.4, -0.2) is 23.6 Å². The van der Waals surface area contributed by atoms with Gasteiger partial charge >= 0.3 is 5.97 Å². The van der Waals surface area contributed by atoms with Crippen molar-refractivity contribution in [3.8, 4) is 5.75 Å². The van der Waals surface area contributed by atoms with Crippen LogP contribution in [0.25, 0.3) is 0 Å². The quantitative estimate of drug-likeness (QED) is 0.850. The zero-order chi connectivity index (χ0) is 17.0. The van der Waals surface area contributed by atoms with Crippen LogP contribution in [0.4, 0.5) is 0 Å². The van der Waals surface area contributed by atoms with Gasteiger partial charge < -0.3 is 15.2 Å². The van der Waals surface area contributed by atoms with Crippen LogP contribution in [0.5, 0.6) is 5.75 Å². The monoisotopic (exact) mass is 333 g/mol. The highest BCUT2D eigenvalue weighted by Crippen LogP contribution is 2.22. The van der Waals surface area contributed by atoms with E-state index in [0.29, 0.717) is 10.6 Å². The standard InChI is InChI=1S/C17H19NO4S/c1-10-8-15(23-12(10)3)17(21)18-11(2)13-4-6-14(7-5-13)22-9-16(19)20/h4-8,11H,9H2,1-3H3,(H,18,21)(H,19,20). The van der Waals surface area contributed by atoms with Crippen LogP contribution in [-0.2, 0) is 4.79 Å². The lowest BCUT2D eigenvalue weighted by Gasteiger charge is -2.14. The first-order valence-corrected chi connectivity index (χ1v) is 8.01. The Morgan fingerprint density at radius 3 is 2.43 bits per heavy atom. The first kappa shape index (κ1) is 17.0. The summed E-state index contributed by atoms with van der Waals surface area (Å²) >= 11 is 1.48. The smallest absolute Gasteiger partial charge is 0.341 e. The predicted molar refractivity (Wildman–Crippen MR) is 89.2 cm³/mol. The fourth-order valence-corrected chi connectivity index (χ4v) is 2.97. The second-order valence-corrected chi connectivity index (χ2v) is 6.55. The van der Waals surface area contributed by atoms with Crippen molar-refractivity contribution in [2.45, 2.75) is 26.8 Å². The van der Waals surface area contributed by atoms with Crippen molar-refractivity contribution >= 4 is 23.2 Å². The van der Waals surface area contributed by atoms with E-state index in [9.17, 15) is 9.59 Å². The minimum absolute atomic E-state index is 0.0927. The molecule has 1 aromatic carbocycles. The van der Waals surface area contributed by atoms with Crippen molar-refractivity contribution < 1.29 is 19.4 Å². The Balaban J connectivity index is 1.98. The maximum Gasteiger partial charge on any atom is 0.341 e. The molecule has 2 rings (SSSR count). The lowest BCUT2D eigenvalue weighted by atomic mass is 10.1. The maximum atomic E-state index is 12.2. The molecule has 1 amide bonds. The zero-order valence-corrected chi connectivity index (χ0v) is 14.1. The van der Waals surface area contributed by atoms with Crippen molar-refractivity contribution in [2.75, 3.05) is 6.61 Å². The van der Waals surface area contributed by atoms with Crippen LogP contribution >= 0.6 is 11.3 Å². The third-order valence-electron chi connectivity index (χ3n) is 3.48. The molecule has 0 saturated heterocycles. The second kappa shape index (κ2) is 7.28. The highest BCUT2D eigenvalue weighted by Gasteiger charge is 2.14. The predicted octanol–water partition coefficient (Wildman–Crippen LogP) is 3.32. The molecule has 122 valence electrons. The first-order valence-electron chi connectivity index (χ1n) is 7.19. The van der Waals surface area contributed by atoms with Gasteiger partial charge in [0.25, 0.3) is 5.91 Å². The van der Waals surface area contributed by atoms with Gasteiger partial charge in [-0.15, -0.1) is 11.3 Å². The van der Waals surface area contributed by atoms with Crippen molar-refractivity contribution in [3.63, 3.8) is 0 Å². The van der Waals surface area contributed by atoms with Gasteiger partial charge in [-0.1, -0.05) is 12.1 Å². The minimum atomic E-state index is -1.02. The summed E-state index contributed by atoms with van der Waals surface area (Å²) in [4.78, 5) is 24.5. The minimum Gasteiger partial charge on any atom is -0.482 e. The number of rotatable bonds is 6. The molecule has 1 heterocycles. The number of carboxylic acids is 1. The Hall–Kier alpha value is -2.34. The summed E-state index contributed by atoms with van der Waals surface area (Å²) in [5, 5.41) is 11.5. The molecule has 0 bridgehead atoms. The number of nitrogens with one attached hydrogen (secondary N) is 1. The Labute approximate surface area is 138 Å². The SMILES string of the molecule is Cc1cc(C(=O)NC(C)c2ccc(OCC(=O)O)cc2)sc1C. The third-order valence-corrected chi connectivity index (χ3v) is 4.63. The van der Waals surface area contributed by atoms with Crippen LogP contribution in [0.2, 0.25) is 0 Å². The molecule has 5 nitrogen and oxygen atoms in total. The summed E-state index contributed by atoms with van der Waals surface area (Å²) in [7, 11) is 0. The van der Waals surface area contributed by atoms with E-state index >= 15 is 0 Å². The van der Waals surface area contributed by atoms with Crippen molar-refractivity contribution in [3.05, 3.63) is 51.2 Å². The van der Waals surface area contributed by atoms with Crippen molar-refractivity contribution in [1.82, 2.24) is 5.32 Å². The Kier molecular flexibility index (Phi) is 5.39. The van der Waals surface area contributed by atoms with E-state index in [0.717, 1.165) is 16.0 Å². The summed E-state index contributed by atoms with van der Waals surface area (Å²) in [5.41, 5.74) is 2.04. The molecule has 1 atom stereocenters. The number of thiophene rings is 1. The summed E-state index contributed by atoms with van der Waals surface area (Å²) in [6.07, 6.45) is 0. The molecule has 23 heavy (non-hydrogen) atoms. The molecular weight excluding hydrogens is 314 g/mol. The van der Waals surface area contributed by atoms with Crippen molar-refractivity contribution in [1.29, 1.82) is 0 Å². The van der Waals surface area contributed by atoms with E-state index in [1.807, 2.05) is 39.0 Å². The topological polar surface area (TPSA) is 75.6 Å². The number of carboxylic acid groups (broad SMARTS) is 1. The van der Waals surface area contributed by atoms with E-state index in [-0.39, 0.29) is 18.6 Å². The summed E-state index contributed by atoms with van der Waals surface area (Å²) in [6, 6.07) is 8.75.